The minimum Gasteiger partial charge on any atom is -0.0622 e. The van der Waals surface area contributed by atoms with Crippen molar-refractivity contribution in [2.45, 2.75) is 0 Å². The summed E-state index contributed by atoms with van der Waals surface area (Å²) in [6.45, 7) is 0. The first-order chi connectivity index (χ1) is 17.9. The van der Waals surface area contributed by atoms with Crippen LogP contribution in [-0.4, -0.2) is 8.41 Å². The van der Waals surface area contributed by atoms with Gasteiger partial charge in [0.1, 0.15) is 0 Å². The Labute approximate surface area is 219 Å². The Kier molecular flexibility index (Phi) is 5.83. The molecule has 0 spiro atoms. The molecule has 37 heavy (non-hydrogen) atoms. The highest BCUT2D eigenvalue weighted by atomic mass is 14.2. The number of rotatable bonds is 3. The zero-order chi connectivity index (χ0) is 23.9. The van der Waals surface area contributed by atoms with Crippen LogP contribution in [-0.2, 0) is 0 Å². The summed E-state index contributed by atoms with van der Waals surface area (Å²) in [6.07, 6.45) is 0. The van der Waals surface area contributed by atoms with Crippen molar-refractivity contribution >= 4 is 40.7 Å². The largest absolute Gasteiger partial charge is 0.0622 e. The van der Waals surface area contributed by atoms with E-state index in [9.17, 15) is 0 Å². The quantitative estimate of drug-likeness (QED) is 0.179. The molecule has 0 N–H and O–H groups in total. The molecule has 7 rings (SSSR count). The fourth-order valence-corrected chi connectivity index (χ4v) is 5.57. The molecule has 0 bridgehead atoms. The summed E-state index contributed by atoms with van der Waals surface area (Å²) in [7, 11) is 0. The molecule has 0 unspecified atom stereocenters. The van der Waals surface area contributed by atoms with Crippen molar-refractivity contribution < 1.29 is 0 Å². The molecule has 0 aliphatic rings. The lowest BCUT2D eigenvalue weighted by molar-refractivity contribution is 1.64. The van der Waals surface area contributed by atoms with E-state index >= 15 is 0 Å². The number of hydrogen-bond donors (Lipinski definition) is 0. The molecule has 3 radical (unpaired) electrons. The molecule has 0 aliphatic carbocycles. The van der Waals surface area contributed by atoms with Gasteiger partial charge in [0.2, 0.25) is 0 Å². The summed E-state index contributed by atoms with van der Waals surface area (Å²) < 4.78 is 0. The summed E-state index contributed by atoms with van der Waals surface area (Å²) in [5, 5.41) is 7.67. The second-order valence-electron chi connectivity index (χ2n) is 9.35. The van der Waals surface area contributed by atoms with Crippen molar-refractivity contribution in [2.24, 2.45) is 0 Å². The minimum atomic E-state index is 0. The van der Waals surface area contributed by atoms with Crippen LogP contribution in [0.25, 0.3) is 65.7 Å². The summed E-state index contributed by atoms with van der Waals surface area (Å²) in [6, 6.07) is 52.7. The number of hydrogen-bond acceptors (Lipinski definition) is 0. The molecule has 0 heterocycles. The fraction of sp³-hybridized carbons (Fsp3) is 0. The Bertz CT molecular complexity index is 1810. The summed E-state index contributed by atoms with van der Waals surface area (Å²) in [4.78, 5) is 0. The van der Waals surface area contributed by atoms with Crippen LogP contribution in [0.2, 0.25) is 0 Å². The Morgan fingerprint density at radius 1 is 0.270 bits per heavy atom. The molecule has 0 aromatic heterocycles. The van der Waals surface area contributed by atoms with Crippen molar-refractivity contribution in [1.29, 1.82) is 0 Å². The molecule has 0 saturated heterocycles. The Hall–Kier alpha value is -4.62. The van der Waals surface area contributed by atoms with E-state index in [0.29, 0.717) is 0 Å². The molecule has 7 aromatic rings. The SMILES string of the molecule is [B].c1ccc(-c2ccc3cc(-c4c5ccccc5c(-c5ccccc5)c5ccccc45)ccc3c2)cc1. The zero-order valence-electron chi connectivity index (χ0n) is 20.4. The van der Waals surface area contributed by atoms with Gasteiger partial charge >= 0.3 is 0 Å². The van der Waals surface area contributed by atoms with Gasteiger partial charge in [0, 0.05) is 8.41 Å². The van der Waals surface area contributed by atoms with Gasteiger partial charge in [0.25, 0.3) is 0 Å². The van der Waals surface area contributed by atoms with E-state index in [4.69, 9.17) is 0 Å². The molecule has 0 amide bonds. The van der Waals surface area contributed by atoms with E-state index in [1.54, 1.807) is 0 Å². The van der Waals surface area contributed by atoms with Crippen molar-refractivity contribution in [3.05, 3.63) is 146 Å². The normalized spacial score (nSPS) is 11.0. The maximum Gasteiger partial charge on any atom is 0 e. The monoisotopic (exact) mass is 467 g/mol. The highest BCUT2D eigenvalue weighted by Gasteiger charge is 2.16. The van der Waals surface area contributed by atoms with Gasteiger partial charge in [-0.1, -0.05) is 133 Å². The van der Waals surface area contributed by atoms with Crippen molar-refractivity contribution in [1.82, 2.24) is 0 Å². The van der Waals surface area contributed by atoms with Crippen LogP contribution in [0.3, 0.4) is 0 Å². The van der Waals surface area contributed by atoms with E-state index in [1.165, 1.54) is 65.7 Å². The Morgan fingerprint density at radius 3 is 1.16 bits per heavy atom. The van der Waals surface area contributed by atoms with Gasteiger partial charge in [-0.2, -0.15) is 0 Å². The molecule has 0 fully saturated rings. The van der Waals surface area contributed by atoms with Gasteiger partial charge in [-0.25, -0.2) is 0 Å². The van der Waals surface area contributed by atoms with Gasteiger partial charge in [-0.3, -0.25) is 0 Å². The smallest absolute Gasteiger partial charge is 0 e. The van der Waals surface area contributed by atoms with Crippen LogP contribution in [0, 0.1) is 0 Å². The van der Waals surface area contributed by atoms with E-state index in [2.05, 4.69) is 146 Å². The standard InChI is InChI=1S/C36H24.B/c1-3-11-25(12-4-1)27-19-20-29-24-30(22-21-28(29)23-27)36-33-17-9-7-15-31(33)35(26-13-5-2-6-14-26)32-16-8-10-18-34(32)36;/h1-24H;. The highest BCUT2D eigenvalue weighted by molar-refractivity contribution is 6.21. The zero-order valence-corrected chi connectivity index (χ0v) is 20.4. The first-order valence-electron chi connectivity index (χ1n) is 12.5. The molecular formula is C36H24B. The summed E-state index contributed by atoms with van der Waals surface area (Å²) in [5.74, 6) is 0. The molecular weight excluding hydrogens is 443 g/mol. The Morgan fingerprint density at radius 2 is 0.649 bits per heavy atom. The van der Waals surface area contributed by atoms with Gasteiger partial charge in [-0.05, 0) is 77.8 Å². The van der Waals surface area contributed by atoms with E-state index in [-0.39, 0.29) is 8.41 Å². The molecule has 0 aliphatic heterocycles. The van der Waals surface area contributed by atoms with Crippen LogP contribution in [0.5, 0.6) is 0 Å². The van der Waals surface area contributed by atoms with Crippen LogP contribution in [0.1, 0.15) is 0 Å². The average Bonchev–Trinajstić information content (AvgIpc) is 2.96. The molecule has 1 heteroatoms. The lowest BCUT2D eigenvalue weighted by Gasteiger charge is -2.18. The predicted molar refractivity (Wildman–Crippen MR) is 161 cm³/mol. The van der Waals surface area contributed by atoms with Crippen LogP contribution >= 0.6 is 0 Å². The van der Waals surface area contributed by atoms with Crippen LogP contribution < -0.4 is 0 Å². The molecule has 171 valence electrons. The second kappa shape index (κ2) is 9.45. The maximum atomic E-state index is 2.35. The summed E-state index contributed by atoms with van der Waals surface area (Å²) in [5.41, 5.74) is 7.61. The van der Waals surface area contributed by atoms with E-state index < -0.39 is 0 Å². The minimum absolute atomic E-state index is 0. The Balaban J connectivity index is 0.00000252. The lowest BCUT2D eigenvalue weighted by Crippen LogP contribution is -1.90. The van der Waals surface area contributed by atoms with E-state index in [1.807, 2.05) is 0 Å². The summed E-state index contributed by atoms with van der Waals surface area (Å²) >= 11 is 0. The fourth-order valence-electron chi connectivity index (χ4n) is 5.57. The van der Waals surface area contributed by atoms with E-state index in [0.717, 1.165) is 0 Å². The molecule has 0 saturated carbocycles. The third-order valence-corrected chi connectivity index (χ3v) is 7.23. The van der Waals surface area contributed by atoms with Crippen LogP contribution in [0.15, 0.2) is 146 Å². The van der Waals surface area contributed by atoms with Gasteiger partial charge in [0.05, 0.1) is 0 Å². The number of fused-ring (bicyclic) bond motifs is 3. The van der Waals surface area contributed by atoms with Crippen molar-refractivity contribution in [3.63, 3.8) is 0 Å². The topological polar surface area (TPSA) is 0 Å². The first kappa shape index (κ1) is 22.8. The molecule has 7 aromatic carbocycles. The highest BCUT2D eigenvalue weighted by Crippen LogP contribution is 2.44. The van der Waals surface area contributed by atoms with Gasteiger partial charge < -0.3 is 0 Å². The first-order valence-corrected chi connectivity index (χ1v) is 12.5. The third-order valence-electron chi connectivity index (χ3n) is 7.23. The lowest BCUT2D eigenvalue weighted by atomic mass is 9.85. The van der Waals surface area contributed by atoms with Crippen molar-refractivity contribution in [2.75, 3.05) is 0 Å². The molecule has 0 atom stereocenters. The maximum absolute atomic E-state index is 2.35. The molecule has 0 nitrogen and oxygen atoms in total. The second-order valence-corrected chi connectivity index (χ2v) is 9.35. The van der Waals surface area contributed by atoms with Crippen molar-refractivity contribution in [3.8, 4) is 33.4 Å². The average molecular weight is 467 g/mol. The van der Waals surface area contributed by atoms with Gasteiger partial charge in [0.15, 0.2) is 0 Å². The third kappa shape index (κ3) is 3.90. The number of benzene rings is 7. The predicted octanol–water partition coefficient (Wildman–Crippen LogP) is 9.77. The van der Waals surface area contributed by atoms with Crippen LogP contribution in [0.4, 0.5) is 0 Å². The van der Waals surface area contributed by atoms with Gasteiger partial charge in [-0.15, -0.1) is 0 Å².